The van der Waals surface area contributed by atoms with Crippen LogP contribution in [0.15, 0.2) is 53.2 Å². The van der Waals surface area contributed by atoms with Crippen molar-refractivity contribution < 1.29 is 18.7 Å². The van der Waals surface area contributed by atoms with Crippen molar-refractivity contribution in [3.63, 3.8) is 0 Å². The summed E-state index contributed by atoms with van der Waals surface area (Å²) in [7, 11) is 0. The molecule has 0 radical (unpaired) electrons. The summed E-state index contributed by atoms with van der Waals surface area (Å²) in [5, 5.41) is 3.88. The summed E-state index contributed by atoms with van der Waals surface area (Å²) >= 11 is 3.04. The van der Waals surface area contributed by atoms with Crippen molar-refractivity contribution in [1.29, 1.82) is 0 Å². The number of amides is 2. The monoisotopic (exact) mass is 486 g/mol. The Morgan fingerprint density at radius 3 is 2.73 bits per heavy atom. The van der Waals surface area contributed by atoms with E-state index in [0.29, 0.717) is 11.4 Å². The fourth-order valence-corrected chi connectivity index (χ4v) is 5.64. The lowest BCUT2D eigenvalue weighted by molar-refractivity contribution is -0.136. The van der Waals surface area contributed by atoms with Crippen LogP contribution in [0.5, 0.6) is 5.75 Å². The number of carbonyl (C=O) groups is 2. The number of ether oxygens (including phenoxy) is 1. The minimum atomic E-state index is -0.429. The first-order valence-corrected chi connectivity index (χ1v) is 12.8. The number of fused-ring (bicyclic) bond motifs is 1. The largest absolute Gasteiger partial charge is 0.488 e. The van der Waals surface area contributed by atoms with E-state index < -0.39 is 5.82 Å². The Morgan fingerprint density at radius 2 is 2.00 bits per heavy atom. The van der Waals surface area contributed by atoms with Gasteiger partial charge in [-0.15, -0.1) is 22.7 Å². The molecular formula is C25H27FN2O3S2. The van der Waals surface area contributed by atoms with E-state index in [-0.39, 0.29) is 42.8 Å². The van der Waals surface area contributed by atoms with Gasteiger partial charge in [-0.05, 0) is 60.4 Å². The van der Waals surface area contributed by atoms with Crippen LogP contribution in [0.3, 0.4) is 0 Å². The smallest absolute Gasteiger partial charge is 0.264 e. The minimum Gasteiger partial charge on any atom is -0.488 e. The quantitative estimate of drug-likeness (QED) is 0.429. The zero-order valence-corrected chi connectivity index (χ0v) is 20.3. The lowest BCUT2D eigenvalue weighted by Crippen LogP contribution is -2.49. The molecule has 0 aliphatic carbocycles. The Labute approximate surface area is 201 Å². The molecule has 8 heteroatoms. The maximum Gasteiger partial charge on any atom is 0.264 e. The van der Waals surface area contributed by atoms with E-state index in [9.17, 15) is 14.0 Å². The third-order valence-corrected chi connectivity index (χ3v) is 7.92. The van der Waals surface area contributed by atoms with Crippen LogP contribution >= 0.6 is 22.7 Å². The summed E-state index contributed by atoms with van der Waals surface area (Å²) in [6.45, 7) is 4.66. The van der Waals surface area contributed by atoms with Crippen LogP contribution in [-0.4, -0.2) is 47.4 Å². The van der Waals surface area contributed by atoms with Gasteiger partial charge in [-0.3, -0.25) is 9.59 Å². The van der Waals surface area contributed by atoms with Gasteiger partial charge in [0.1, 0.15) is 13.2 Å². The minimum absolute atomic E-state index is 0.00140. The Morgan fingerprint density at radius 1 is 1.18 bits per heavy atom. The van der Waals surface area contributed by atoms with Gasteiger partial charge in [-0.2, -0.15) is 0 Å². The van der Waals surface area contributed by atoms with E-state index in [1.54, 1.807) is 45.4 Å². The van der Waals surface area contributed by atoms with Gasteiger partial charge < -0.3 is 14.5 Å². The molecule has 0 spiro atoms. The highest BCUT2D eigenvalue weighted by molar-refractivity contribution is 7.12. The van der Waals surface area contributed by atoms with Crippen molar-refractivity contribution >= 4 is 34.5 Å². The zero-order chi connectivity index (χ0) is 23.4. The zero-order valence-electron chi connectivity index (χ0n) is 18.7. The normalized spacial score (nSPS) is 16.2. The first-order chi connectivity index (χ1) is 16.0. The number of carbonyl (C=O) groups excluding carboxylic acids is 2. The van der Waals surface area contributed by atoms with Gasteiger partial charge in [-0.25, -0.2) is 4.39 Å². The number of nitrogens with zero attached hydrogens (tertiary/aromatic N) is 2. The molecule has 3 aromatic rings. The molecule has 2 aromatic heterocycles. The Kier molecular flexibility index (Phi) is 7.45. The van der Waals surface area contributed by atoms with Crippen molar-refractivity contribution in [3.8, 4) is 5.75 Å². The molecule has 0 saturated heterocycles. The van der Waals surface area contributed by atoms with Gasteiger partial charge in [-0.1, -0.05) is 25.1 Å². The van der Waals surface area contributed by atoms with Crippen LogP contribution in [0.25, 0.3) is 0 Å². The maximum absolute atomic E-state index is 14.1. The van der Waals surface area contributed by atoms with E-state index in [0.717, 1.165) is 18.4 Å². The molecule has 1 aromatic carbocycles. The molecule has 3 heterocycles. The fraction of sp³-hybridized carbons (Fsp3) is 0.360. The average molecular weight is 487 g/mol. The van der Waals surface area contributed by atoms with Crippen LogP contribution in [0, 0.1) is 5.82 Å². The summed E-state index contributed by atoms with van der Waals surface area (Å²) in [6.07, 6.45) is 1.51. The Balaban J connectivity index is 1.55. The van der Waals surface area contributed by atoms with Crippen LogP contribution in [0.4, 0.5) is 4.39 Å². The van der Waals surface area contributed by atoms with Gasteiger partial charge in [0.2, 0.25) is 5.91 Å². The van der Waals surface area contributed by atoms with Crippen LogP contribution < -0.4 is 4.74 Å². The lowest BCUT2D eigenvalue weighted by atomic mass is 10.00. The Hall–Kier alpha value is -2.71. The molecule has 5 nitrogen and oxygen atoms in total. The van der Waals surface area contributed by atoms with Gasteiger partial charge >= 0.3 is 0 Å². The van der Waals surface area contributed by atoms with Gasteiger partial charge in [0.05, 0.1) is 10.9 Å². The molecule has 0 unspecified atom stereocenters. The van der Waals surface area contributed by atoms with Crippen molar-refractivity contribution in [2.24, 2.45) is 0 Å². The first kappa shape index (κ1) is 23.4. The molecule has 33 heavy (non-hydrogen) atoms. The highest BCUT2D eigenvalue weighted by atomic mass is 32.1. The van der Waals surface area contributed by atoms with Gasteiger partial charge in [0.25, 0.3) is 5.91 Å². The van der Waals surface area contributed by atoms with Crippen molar-refractivity contribution in [2.75, 3.05) is 19.7 Å². The standard InChI is InChI=1S/C25H27FN2O3S2/c1-3-17(2)28(25(30)23-9-6-13-32-23)15-24(29)27-12-10-22-18(11-14-33-22)20(27)16-31-21-8-5-4-7-19(21)26/h4-9,11,13-14,17,20H,3,10,12,15-16H2,1-2H3/t17-,20+/m1/s1. The number of halogens is 1. The molecule has 1 aliphatic heterocycles. The highest BCUT2D eigenvalue weighted by Crippen LogP contribution is 2.34. The fourth-order valence-electron chi connectivity index (χ4n) is 4.03. The van der Waals surface area contributed by atoms with E-state index in [1.807, 2.05) is 36.7 Å². The Bertz CT molecular complexity index is 1100. The molecule has 4 rings (SSSR count). The molecule has 0 fully saturated rings. The number of benzene rings is 1. The molecular weight excluding hydrogens is 459 g/mol. The topological polar surface area (TPSA) is 49.9 Å². The van der Waals surface area contributed by atoms with Gasteiger partial charge in [0, 0.05) is 17.5 Å². The first-order valence-electron chi connectivity index (χ1n) is 11.1. The summed E-state index contributed by atoms with van der Waals surface area (Å²) in [5.41, 5.74) is 1.04. The summed E-state index contributed by atoms with van der Waals surface area (Å²) in [6, 6.07) is 11.5. The second-order valence-electron chi connectivity index (χ2n) is 8.06. The molecule has 174 valence electrons. The lowest BCUT2D eigenvalue weighted by Gasteiger charge is -2.38. The molecule has 0 bridgehead atoms. The van der Waals surface area contributed by atoms with E-state index in [2.05, 4.69) is 0 Å². The molecule has 0 saturated carbocycles. The average Bonchev–Trinajstić information content (AvgIpc) is 3.53. The van der Waals surface area contributed by atoms with Crippen molar-refractivity contribution in [2.45, 2.75) is 38.8 Å². The summed E-state index contributed by atoms with van der Waals surface area (Å²) in [4.78, 5) is 31.9. The van der Waals surface area contributed by atoms with Crippen molar-refractivity contribution in [1.82, 2.24) is 9.80 Å². The third kappa shape index (κ3) is 5.12. The van der Waals surface area contributed by atoms with Crippen LogP contribution in [0.2, 0.25) is 0 Å². The third-order valence-electron chi connectivity index (χ3n) is 6.07. The molecule has 0 N–H and O–H groups in total. The summed E-state index contributed by atoms with van der Waals surface area (Å²) < 4.78 is 19.9. The summed E-state index contributed by atoms with van der Waals surface area (Å²) in [5.74, 6) is -0.512. The maximum atomic E-state index is 14.1. The number of thiophene rings is 2. The van der Waals surface area contributed by atoms with Gasteiger partial charge in [0.15, 0.2) is 11.6 Å². The van der Waals surface area contributed by atoms with Crippen LogP contribution in [-0.2, 0) is 11.2 Å². The predicted octanol–water partition coefficient (Wildman–Crippen LogP) is 5.39. The van der Waals surface area contributed by atoms with E-state index >= 15 is 0 Å². The van der Waals surface area contributed by atoms with Crippen LogP contribution in [0.1, 0.15) is 46.4 Å². The number of para-hydroxylation sites is 1. The second kappa shape index (κ2) is 10.5. The SMILES string of the molecule is CC[C@@H](C)N(CC(=O)N1CCc2sccc2[C@@H]1COc1ccccc1F)C(=O)c1cccs1. The second-order valence-corrected chi connectivity index (χ2v) is 10.0. The highest BCUT2D eigenvalue weighted by Gasteiger charge is 2.34. The molecule has 1 aliphatic rings. The van der Waals surface area contributed by atoms with E-state index in [4.69, 9.17) is 4.74 Å². The van der Waals surface area contributed by atoms with E-state index in [1.165, 1.54) is 22.3 Å². The number of hydrogen-bond donors (Lipinski definition) is 0. The number of hydrogen-bond acceptors (Lipinski definition) is 5. The molecule has 2 amide bonds. The predicted molar refractivity (Wildman–Crippen MR) is 129 cm³/mol. The number of rotatable bonds is 8. The molecule has 2 atom stereocenters. The van der Waals surface area contributed by atoms with Crippen molar-refractivity contribution in [3.05, 3.63) is 74.4 Å².